The molecule has 2 aliphatic rings. The summed E-state index contributed by atoms with van der Waals surface area (Å²) in [6, 6.07) is 0. The van der Waals surface area contributed by atoms with Gasteiger partial charge in [0, 0.05) is 24.3 Å². The molecule has 0 spiro atoms. The molecule has 1 saturated heterocycles. The first-order chi connectivity index (χ1) is 16.7. The van der Waals surface area contributed by atoms with Gasteiger partial charge in [-0.1, -0.05) is 66.2 Å². The molecular formula is C27H49N5O4S. The van der Waals surface area contributed by atoms with Gasteiger partial charge >= 0.3 is 0 Å². The first-order valence-corrected chi connectivity index (χ1v) is 14.9. The molecular weight excluding hydrogens is 490 g/mol. The van der Waals surface area contributed by atoms with Gasteiger partial charge in [0.25, 0.3) is 0 Å². The number of allylic oxidation sites excluding steroid dienone is 1. The van der Waals surface area contributed by atoms with Crippen LogP contribution in [0.3, 0.4) is 0 Å². The van der Waals surface area contributed by atoms with Gasteiger partial charge < -0.3 is 10.5 Å². The lowest BCUT2D eigenvalue weighted by Gasteiger charge is -2.36. The van der Waals surface area contributed by atoms with Gasteiger partial charge in [-0.2, -0.15) is 5.11 Å². The van der Waals surface area contributed by atoms with Gasteiger partial charge in [-0.25, -0.2) is 4.21 Å². The molecule has 1 unspecified atom stereocenters. The van der Waals surface area contributed by atoms with E-state index in [2.05, 4.69) is 55.1 Å². The number of rotatable bonds is 13. The van der Waals surface area contributed by atoms with Gasteiger partial charge in [0.2, 0.25) is 11.8 Å². The van der Waals surface area contributed by atoms with E-state index in [-0.39, 0.29) is 46.7 Å². The van der Waals surface area contributed by atoms with Crippen LogP contribution in [-0.2, 0) is 24.0 Å². The highest BCUT2D eigenvalue weighted by Crippen LogP contribution is 2.41. The van der Waals surface area contributed by atoms with Gasteiger partial charge in [-0.15, -0.1) is 0 Å². The fourth-order valence-electron chi connectivity index (χ4n) is 6.18. The maximum absolute atomic E-state index is 14.0. The maximum Gasteiger partial charge on any atom is 0.231 e. The maximum atomic E-state index is 14.0. The predicted molar refractivity (Wildman–Crippen MR) is 150 cm³/mol. The van der Waals surface area contributed by atoms with E-state index in [1.54, 1.807) is 0 Å². The summed E-state index contributed by atoms with van der Waals surface area (Å²) in [4.78, 5) is 24.7. The number of ether oxygens (including phenoxy) is 1. The smallest absolute Gasteiger partial charge is 0.231 e. The predicted octanol–water partition coefficient (Wildman–Crippen LogP) is 4.64. The summed E-state index contributed by atoms with van der Waals surface area (Å²) >= 11 is 0. The van der Waals surface area contributed by atoms with Crippen molar-refractivity contribution in [1.29, 1.82) is 0 Å². The molecule has 9 nitrogen and oxygen atoms in total. The second kappa shape index (κ2) is 11.4. The molecule has 10 heteroatoms. The van der Waals surface area contributed by atoms with E-state index in [1.165, 1.54) is 5.57 Å². The molecule has 2 rings (SSSR count). The fraction of sp³-hybridized carbons (Fsp3) is 0.815. The number of nitrogens with two attached hydrogens (primary N) is 1. The van der Waals surface area contributed by atoms with Crippen LogP contribution in [0.1, 0.15) is 101 Å². The van der Waals surface area contributed by atoms with Crippen molar-refractivity contribution in [1.82, 2.24) is 10.1 Å². The largest absolute Gasteiger partial charge is 0.370 e. The van der Waals surface area contributed by atoms with Gasteiger partial charge in [0.1, 0.15) is 6.61 Å². The Hall–Kier alpha value is -1.94. The average Bonchev–Trinajstić information content (AvgIpc) is 3.47. The summed E-state index contributed by atoms with van der Waals surface area (Å²) in [6.45, 7) is 19.6. The lowest BCUT2D eigenvalue weighted by molar-refractivity contribution is -0.122. The third-order valence-corrected chi connectivity index (χ3v) is 9.44. The quantitative estimate of drug-likeness (QED) is 0.231. The number of nitrogens with zero attached hydrogens (tertiary/aromatic N) is 2. The Morgan fingerprint density at radius 1 is 1.00 bits per heavy atom. The summed E-state index contributed by atoms with van der Waals surface area (Å²) in [6.07, 6.45) is 3.62. The van der Waals surface area contributed by atoms with Crippen LogP contribution in [0.15, 0.2) is 21.6 Å². The van der Waals surface area contributed by atoms with Crippen LogP contribution in [0.25, 0.3) is 0 Å². The minimum atomic E-state index is -2.86. The van der Waals surface area contributed by atoms with Gasteiger partial charge in [-0.05, 0) is 54.3 Å². The zero-order valence-electron chi connectivity index (χ0n) is 24.4. The third-order valence-electron chi connectivity index (χ3n) is 6.72. The molecule has 2 heterocycles. The molecule has 212 valence electrons. The number of nitrogens with one attached hydrogen (secondary N) is 2. The van der Waals surface area contributed by atoms with E-state index in [1.807, 2.05) is 27.7 Å². The summed E-state index contributed by atoms with van der Waals surface area (Å²) in [7, 11) is -2.86. The van der Waals surface area contributed by atoms with E-state index >= 15 is 0 Å². The van der Waals surface area contributed by atoms with Gasteiger partial charge in [0.15, 0.2) is 5.05 Å². The molecule has 0 radical (unpaired) electrons. The van der Waals surface area contributed by atoms with E-state index in [0.717, 1.165) is 25.0 Å². The van der Waals surface area contributed by atoms with Crippen molar-refractivity contribution in [3.8, 4) is 0 Å². The minimum absolute atomic E-state index is 0.0863. The Morgan fingerprint density at radius 3 is 2.14 bits per heavy atom. The highest BCUT2D eigenvalue weighted by Gasteiger charge is 2.38. The molecule has 0 saturated carbocycles. The Kier molecular flexibility index (Phi) is 9.67. The SMILES string of the molecule is CC1=C(CC(C)(C)CC(C)(C)CC(=O)NS(=O)(CC(C)(C)CC(C)(C)CC(N)=O)=C2CO2)NN=NCC1. The summed E-state index contributed by atoms with van der Waals surface area (Å²) in [5.41, 5.74) is 9.72. The average molecular weight is 540 g/mol. The fourth-order valence-corrected chi connectivity index (χ4v) is 8.61. The third kappa shape index (κ3) is 10.8. The van der Waals surface area contributed by atoms with E-state index in [9.17, 15) is 13.8 Å². The van der Waals surface area contributed by atoms with Crippen LogP contribution < -0.4 is 15.9 Å². The van der Waals surface area contributed by atoms with Crippen LogP contribution in [0.5, 0.6) is 0 Å². The molecule has 37 heavy (non-hydrogen) atoms. The van der Waals surface area contributed by atoms with Crippen molar-refractivity contribution in [2.75, 3.05) is 18.9 Å². The Labute approximate surface area is 224 Å². The zero-order chi connectivity index (χ0) is 28.3. The molecule has 0 aliphatic carbocycles. The van der Waals surface area contributed by atoms with Crippen molar-refractivity contribution in [2.24, 2.45) is 37.7 Å². The van der Waals surface area contributed by atoms with Crippen LogP contribution in [0.2, 0.25) is 0 Å². The van der Waals surface area contributed by atoms with Crippen LogP contribution in [-0.4, -0.2) is 40.0 Å². The van der Waals surface area contributed by atoms with Crippen molar-refractivity contribution >= 4 is 26.6 Å². The lowest BCUT2D eigenvalue weighted by atomic mass is 9.71. The number of hydrogen-bond acceptors (Lipinski definition) is 7. The second-order valence-electron chi connectivity index (χ2n) is 14.1. The van der Waals surface area contributed by atoms with Crippen LogP contribution in [0.4, 0.5) is 0 Å². The van der Waals surface area contributed by atoms with Gasteiger partial charge in [0.05, 0.1) is 16.3 Å². The minimum Gasteiger partial charge on any atom is -0.370 e. The number of amides is 2. The first-order valence-electron chi connectivity index (χ1n) is 13.1. The van der Waals surface area contributed by atoms with Crippen molar-refractivity contribution in [2.45, 2.75) is 101 Å². The van der Waals surface area contributed by atoms with Crippen molar-refractivity contribution in [3.05, 3.63) is 11.3 Å². The molecule has 2 amide bonds. The number of primary amides is 1. The van der Waals surface area contributed by atoms with E-state index in [4.69, 9.17) is 10.5 Å². The zero-order valence-corrected chi connectivity index (χ0v) is 25.2. The molecule has 1 fully saturated rings. The standard InChI is InChI=1S/C27H49N5O4S/c1-19-10-11-29-32-30-20(19)12-24(2,3)16-26(6,7)14-22(34)31-37(35,23-15-36-23)18-27(8,9)17-25(4,5)13-21(28)33/h10-18H2,1-9H3,(H2,28,33)(H,29,30)(H,31,34,35). The van der Waals surface area contributed by atoms with Crippen LogP contribution >= 0.6 is 0 Å². The first kappa shape index (κ1) is 31.3. The second-order valence-corrected chi connectivity index (χ2v) is 16.4. The van der Waals surface area contributed by atoms with E-state index < -0.39 is 15.1 Å². The molecule has 4 N–H and O–H groups in total. The lowest BCUT2D eigenvalue weighted by Crippen LogP contribution is -2.42. The highest BCUT2D eigenvalue weighted by molar-refractivity contribution is 8.01. The normalized spacial score (nSPS) is 18.7. The summed E-state index contributed by atoms with van der Waals surface area (Å²) < 4.78 is 22.2. The number of epoxide rings is 1. The monoisotopic (exact) mass is 539 g/mol. The Bertz CT molecular complexity index is 1060. The molecule has 0 aromatic heterocycles. The molecule has 0 aromatic rings. The highest BCUT2D eigenvalue weighted by atomic mass is 32.2. The number of carbonyl (C=O) groups is 2. The van der Waals surface area contributed by atoms with Crippen molar-refractivity contribution < 1.29 is 18.5 Å². The van der Waals surface area contributed by atoms with Crippen LogP contribution in [0, 0.1) is 21.7 Å². The molecule has 2 aliphatic heterocycles. The Balaban J connectivity index is 2.07. The molecule has 0 bridgehead atoms. The summed E-state index contributed by atoms with van der Waals surface area (Å²) in [5, 5.41) is 8.58. The van der Waals surface area contributed by atoms with E-state index in [0.29, 0.717) is 24.6 Å². The number of carbonyl (C=O) groups excluding carboxylic acids is 2. The summed E-state index contributed by atoms with van der Waals surface area (Å²) in [5.74, 6) is -0.341. The van der Waals surface area contributed by atoms with Gasteiger partial charge in [-0.3, -0.25) is 19.7 Å². The topological polar surface area (TPSA) is 139 Å². The molecule has 0 aromatic carbocycles. The number of hydrogen-bond donors (Lipinski definition) is 3. The Morgan fingerprint density at radius 2 is 1.57 bits per heavy atom. The molecule has 1 atom stereocenters. The van der Waals surface area contributed by atoms with Crippen molar-refractivity contribution in [3.63, 3.8) is 0 Å².